The predicted molar refractivity (Wildman–Crippen MR) is 70.5 cm³/mol. The number of nitrogens with two attached hydrogens (primary N) is 1. The van der Waals surface area contributed by atoms with Crippen molar-refractivity contribution in [2.45, 2.75) is 30.6 Å². The highest BCUT2D eigenvalue weighted by Gasteiger charge is 2.13. The third-order valence-corrected chi connectivity index (χ3v) is 3.54. The van der Waals surface area contributed by atoms with Gasteiger partial charge in [0, 0.05) is 0 Å². The molecule has 0 radical (unpaired) electrons. The maximum absolute atomic E-state index is 11.4. The molecular formula is C8H15ClN4OS2. The number of carbonyl (C=O) groups excluding carboxylic acids is 1. The minimum Gasteiger partial charge on any atom is -0.320 e. The number of hydrogen-bond acceptors (Lipinski definition) is 6. The number of anilines is 1. The number of halogens is 1. The molecule has 8 heteroatoms. The van der Waals surface area contributed by atoms with Gasteiger partial charge in [-0.3, -0.25) is 10.1 Å². The molecule has 0 aliphatic rings. The van der Waals surface area contributed by atoms with Crippen molar-refractivity contribution in [3.8, 4) is 0 Å². The maximum atomic E-state index is 11.4. The summed E-state index contributed by atoms with van der Waals surface area (Å²) in [4.78, 5) is 11.4. The average Bonchev–Trinajstić information content (AvgIpc) is 2.65. The summed E-state index contributed by atoms with van der Waals surface area (Å²) in [7, 11) is 0. The van der Waals surface area contributed by atoms with E-state index in [-0.39, 0.29) is 18.3 Å². The molecule has 0 fully saturated rings. The van der Waals surface area contributed by atoms with E-state index in [9.17, 15) is 4.79 Å². The van der Waals surface area contributed by atoms with E-state index in [0.717, 1.165) is 10.1 Å². The zero-order valence-corrected chi connectivity index (χ0v) is 11.5. The van der Waals surface area contributed by atoms with Crippen molar-refractivity contribution in [1.82, 2.24) is 10.2 Å². The van der Waals surface area contributed by atoms with Crippen LogP contribution in [-0.2, 0) is 4.79 Å². The second kappa shape index (κ2) is 7.83. The smallest absolute Gasteiger partial charge is 0.243 e. The molecule has 3 N–H and O–H groups in total. The number of aromatic nitrogens is 2. The second-order valence-electron chi connectivity index (χ2n) is 2.81. The molecule has 0 bridgehead atoms. The van der Waals surface area contributed by atoms with Gasteiger partial charge in [0.15, 0.2) is 4.34 Å². The molecule has 0 aromatic carbocycles. The first-order valence-electron chi connectivity index (χ1n) is 4.70. The lowest BCUT2D eigenvalue weighted by Crippen LogP contribution is -2.34. The molecule has 5 nitrogen and oxygen atoms in total. The Morgan fingerprint density at radius 3 is 2.81 bits per heavy atom. The molecule has 0 spiro atoms. The molecule has 0 saturated heterocycles. The van der Waals surface area contributed by atoms with Crippen LogP contribution < -0.4 is 11.1 Å². The van der Waals surface area contributed by atoms with Gasteiger partial charge >= 0.3 is 0 Å². The first kappa shape index (κ1) is 15.6. The fraction of sp³-hybridized carbons (Fsp3) is 0.625. The highest BCUT2D eigenvalue weighted by atomic mass is 35.5. The van der Waals surface area contributed by atoms with Crippen LogP contribution in [0, 0.1) is 0 Å². The van der Waals surface area contributed by atoms with Crippen molar-refractivity contribution in [1.29, 1.82) is 0 Å². The van der Waals surface area contributed by atoms with Crippen LogP contribution in [0.2, 0.25) is 0 Å². The lowest BCUT2D eigenvalue weighted by atomic mass is 10.2. The Bertz CT molecular complexity index is 334. The summed E-state index contributed by atoms with van der Waals surface area (Å²) in [5.74, 6) is 0.735. The SMILES string of the molecule is CCSc1nnc(NC(=O)[C@@H](N)CC)s1.Cl. The minimum atomic E-state index is -0.476. The van der Waals surface area contributed by atoms with Gasteiger partial charge < -0.3 is 5.73 Å². The van der Waals surface area contributed by atoms with Gasteiger partial charge in [-0.15, -0.1) is 22.6 Å². The van der Waals surface area contributed by atoms with E-state index in [1.165, 1.54) is 11.3 Å². The third kappa shape index (κ3) is 4.65. The number of nitrogens with zero attached hydrogens (tertiary/aromatic N) is 2. The van der Waals surface area contributed by atoms with Crippen LogP contribution in [-0.4, -0.2) is 27.9 Å². The molecule has 0 unspecified atom stereocenters. The van der Waals surface area contributed by atoms with E-state index in [4.69, 9.17) is 5.73 Å². The summed E-state index contributed by atoms with van der Waals surface area (Å²) in [6.45, 7) is 3.90. The van der Waals surface area contributed by atoms with Crippen molar-refractivity contribution in [2.75, 3.05) is 11.1 Å². The Balaban J connectivity index is 0.00000225. The fourth-order valence-corrected chi connectivity index (χ4v) is 2.48. The van der Waals surface area contributed by atoms with E-state index in [1.807, 2.05) is 13.8 Å². The Morgan fingerprint density at radius 2 is 2.25 bits per heavy atom. The summed E-state index contributed by atoms with van der Waals surface area (Å²) in [6.07, 6.45) is 0.612. The number of hydrogen-bond donors (Lipinski definition) is 2. The van der Waals surface area contributed by atoms with Crippen molar-refractivity contribution in [3.05, 3.63) is 0 Å². The second-order valence-corrected chi connectivity index (χ2v) is 5.30. The van der Waals surface area contributed by atoms with Gasteiger partial charge in [-0.2, -0.15) is 0 Å². The maximum Gasteiger partial charge on any atom is 0.243 e. The van der Waals surface area contributed by atoms with Gasteiger partial charge in [-0.05, 0) is 12.2 Å². The van der Waals surface area contributed by atoms with Gasteiger partial charge in [-0.25, -0.2) is 0 Å². The molecule has 0 aliphatic carbocycles. The number of thioether (sulfide) groups is 1. The molecule has 16 heavy (non-hydrogen) atoms. The Kier molecular flexibility index (Phi) is 7.65. The molecular weight excluding hydrogens is 268 g/mol. The number of amides is 1. The monoisotopic (exact) mass is 282 g/mol. The molecule has 0 saturated carbocycles. The van der Waals surface area contributed by atoms with E-state index in [0.29, 0.717) is 11.6 Å². The van der Waals surface area contributed by atoms with Crippen LogP contribution in [0.1, 0.15) is 20.3 Å². The van der Waals surface area contributed by atoms with E-state index >= 15 is 0 Å². The number of carbonyl (C=O) groups is 1. The van der Waals surface area contributed by atoms with Gasteiger partial charge in [0.1, 0.15) is 0 Å². The van der Waals surface area contributed by atoms with Crippen molar-refractivity contribution in [3.63, 3.8) is 0 Å². The topological polar surface area (TPSA) is 80.9 Å². The number of rotatable bonds is 5. The summed E-state index contributed by atoms with van der Waals surface area (Å²) in [5, 5.41) is 10.9. The highest BCUT2D eigenvalue weighted by Crippen LogP contribution is 2.24. The van der Waals surface area contributed by atoms with Crippen LogP contribution in [0.3, 0.4) is 0 Å². The Labute approximate surface area is 109 Å². The molecule has 1 aromatic rings. The lowest BCUT2D eigenvalue weighted by Gasteiger charge is -2.06. The summed E-state index contributed by atoms with van der Waals surface area (Å²) >= 11 is 2.97. The van der Waals surface area contributed by atoms with Crippen LogP contribution in [0.15, 0.2) is 4.34 Å². The minimum absolute atomic E-state index is 0. The Hall–Kier alpha value is -0.370. The first-order valence-corrected chi connectivity index (χ1v) is 6.50. The third-order valence-electron chi connectivity index (χ3n) is 1.68. The Morgan fingerprint density at radius 1 is 1.56 bits per heavy atom. The van der Waals surface area contributed by atoms with Gasteiger partial charge in [0.25, 0.3) is 0 Å². The zero-order valence-electron chi connectivity index (χ0n) is 9.10. The van der Waals surface area contributed by atoms with Gasteiger partial charge in [-0.1, -0.05) is 36.9 Å². The van der Waals surface area contributed by atoms with Gasteiger partial charge in [0.05, 0.1) is 6.04 Å². The molecule has 92 valence electrons. The van der Waals surface area contributed by atoms with Crippen LogP contribution in [0.5, 0.6) is 0 Å². The normalized spacial score (nSPS) is 11.7. The molecule has 0 aliphatic heterocycles. The van der Waals surface area contributed by atoms with Crippen molar-refractivity contribution in [2.24, 2.45) is 5.73 Å². The molecule has 1 rings (SSSR count). The molecule has 1 heterocycles. The van der Waals surface area contributed by atoms with Crippen molar-refractivity contribution < 1.29 is 4.79 Å². The molecule has 1 atom stereocenters. The summed E-state index contributed by atoms with van der Waals surface area (Å²) in [5.41, 5.74) is 5.57. The quantitative estimate of drug-likeness (QED) is 0.635. The van der Waals surface area contributed by atoms with Crippen LogP contribution in [0.25, 0.3) is 0 Å². The van der Waals surface area contributed by atoms with Gasteiger partial charge in [0.2, 0.25) is 11.0 Å². The first-order chi connectivity index (χ1) is 7.17. The average molecular weight is 283 g/mol. The van der Waals surface area contributed by atoms with E-state index < -0.39 is 6.04 Å². The number of nitrogens with one attached hydrogen (secondary N) is 1. The van der Waals surface area contributed by atoms with Crippen LogP contribution in [0.4, 0.5) is 5.13 Å². The lowest BCUT2D eigenvalue weighted by molar-refractivity contribution is -0.117. The summed E-state index contributed by atoms with van der Waals surface area (Å²) in [6, 6.07) is -0.476. The van der Waals surface area contributed by atoms with Crippen molar-refractivity contribution >= 4 is 46.5 Å². The zero-order chi connectivity index (χ0) is 11.3. The highest BCUT2D eigenvalue weighted by molar-refractivity contribution is 8.01. The predicted octanol–water partition coefficient (Wildman–Crippen LogP) is 1.75. The molecule has 1 aromatic heterocycles. The van der Waals surface area contributed by atoms with E-state index in [2.05, 4.69) is 15.5 Å². The molecule has 1 amide bonds. The summed E-state index contributed by atoms with van der Waals surface area (Å²) < 4.78 is 0.859. The van der Waals surface area contributed by atoms with E-state index in [1.54, 1.807) is 11.8 Å². The standard InChI is InChI=1S/C8H14N4OS2.ClH/c1-3-5(9)6(13)10-7-11-12-8(15-7)14-4-2;/h5H,3-4,9H2,1-2H3,(H,10,11,13);1H/t5-;/m0./s1. The van der Waals surface area contributed by atoms with Crippen LogP contribution >= 0.6 is 35.5 Å². The largest absolute Gasteiger partial charge is 0.320 e. The fourth-order valence-electron chi connectivity index (χ4n) is 0.826.